The van der Waals surface area contributed by atoms with Gasteiger partial charge in [-0.1, -0.05) is 66.4 Å². The zero-order valence-electron chi connectivity index (χ0n) is 14.4. The topological polar surface area (TPSA) is 83.4 Å². The van der Waals surface area contributed by atoms with Crippen molar-refractivity contribution in [2.75, 3.05) is 0 Å². The van der Waals surface area contributed by atoms with E-state index in [2.05, 4.69) is 9.97 Å². The summed E-state index contributed by atoms with van der Waals surface area (Å²) in [5, 5.41) is 9.74. The van der Waals surface area contributed by atoms with Gasteiger partial charge in [0, 0.05) is 18.0 Å². The van der Waals surface area contributed by atoms with Crippen LogP contribution in [0.4, 0.5) is 0 Å². The number of hydrogen-bond donors (Lipinski definition) is 1. The molecule has 1 saturated heterocycles. The van der Waals surface area contributed by atoms with Crippen molar-refractivity contribution in [3.8, 4) is 0 Å². The predicted octanol–water partition coefficient (Wildman–Crippen LogP) is 3.66. The molecule has 4 rings (SSSR count). The zero-order valence-corrected chi connectivity index (χ0v) is 16.0. The molecular formula is C20H13N3O3S2. The quantitative estimate of drug-likeness (QED) is 0.522. The first kappa shape index (κ1) is 18.3. The Bertz CT molecular complexity index is 1130. The highest BCUT2D eigenvalue weighted by Crippen LogP contribution is 2.38. The van der Waals surface area contributed by atoms with E-state index in [1.807, 2.05) is 18.2 Å². The highest BCUT2D eigenvalue weighted by Gasteiger charge is 2.41. The highest BCUT2D eigenvalue weighted by atomic mass is 32.2. The molecule has 1 fully saturated rings. The number of fused-ring (bicyclic) bond motifs is 1. The molecule has 1 aliphatic rings. The zero-order chi connectivity index (χ0) is 19.7. The van der Waals surface area contributed by atoms with Gasteiger partial charge in [-0.05, 0) is 17.7 Å². The lowest BCUT2D eigenvalue weighted by atomic mass is 10.1. The van der Waals surface area contributed by atoms with Crippen molar-refractivity contribution in [2.45, 2.75) is 6.04 Å². The Hall–Kier alpha value is -3.10. The van der Waals surface area contributed by atoms with Crippen molar-refractivity contribution in [1.29, 1.82) is 0 Å². The molecule has 1 N–H and O–H groups in total. The number of benzene rings is 2. The van der Waals surface area contributed by atoms with Gasteiger partial charge in [0.1, 0.15) is 4.32 Å². The van der Waals surface area contributed by atoms with Gasteiger partial charge in [0.05, 0.1) is 15.9 Å². The number of nitrogens with zero attached hydrogens (tertiary/aromatic N) is 3. The summed E-state index contributed by atoms with van der Waals surface area (Å²) in [5.74, 6) is -1.58. The number of carbonyl (C=O) groups excluding carboxylic acids is 1. The van der Waals surface area contributed by atoms with E-state index in [0.717, 1.165) is 22.2 Å². The molecule has 0 radical (unpaired) electrons. The van der Waals surface area contributed by atoms with E-state index >= 15 is 0 Å². The third-order valence-electron chi connectivity index (χ3n) is 4.25. The molecule has 28 heavy (non-hydrogen) atoms. The summed E-state index contributed by atoms with van der Waals surface area (Å²) in [6.45, 7) is 0. The number of carboxylic acid groups (broad SMARTS) is 1. The standard InChI is InChI=1S/C20H13N3O3S2/c24-18-15(11-13-7-4-8-14-16(13)22-10-9-21-14)28-20(27)23(18)17(19(25)26)12-5-2-1-3-6-12/h1-11,17H,(H,25,26)/b15-11-. The monoisotopic (exact) mass is 407 g/mol. The first-order chi connectivity index (χ1) is 13.6. The fourth-order valence-electron chi connectivity index (χ4n) is 3.01. The maximum absolute atomic E-state index is 13.0. The van der Waals surface area contributed by atoms with Crippen LogP contribution < -0.4 is 0 Å². The number of aliphatic carboxylic acids is 1. The van der Waals surface area contributed by atoms with Crippen LogP contribution in [0.3, 0.4) is 0 Å². The molecule has 8 heteroatoms. The second-order valence-corrected chi connectivity index (χ2v) is 7.65. The smallest absolute Gasteiger partial charge is 0.331 e. The van der Waals surface area contributed by atoms with Gasteiger partial charge in [-0.2, -0.15) is 0 Å². The van der Waals surface area contributed by atoms with E-state index in [1.165, 1.54) is 0 Å². The average Bonchev–Trinajstić information content (AvgIpc) is 2.97. The van der Waals surface area contributed by atoms with Gasteiger partial charge in [-0.25, -0.2) is 4.79 Å². The molecule has 138 valence electrons. The van der Waals surface area contributed by atoms with Crippen molar-refractivity contribution in [3.05, 3.63) is 77.0 Å². The van der Waals surface area contributed by atoms with Gasteiger partial charge in [-0.15, -0.1) is 0 Å². The van der Waals surface area contributed by atoms with Crippen LogP contribution in [0.25, 0.3) is 17.1 Å². The first-order valence-electron chi connectivity index (χ1n) is 8.31. The molecule has 1 aliphatic heterocycles. The Kier molecular flexibility index (Phi) is 4.89. The molecule has 0 aliphatic carbocycles. The van der Waals surface area contributed by atoms with E-state index in [9.17, 15) is 14.7 Å². The van der Waals surface area contributed by atoms with Crippen LogP contribution in [-0.2, 0) is 9.59 Å². The number of para-hydroxylation sites is 1. The molecule has 0 spiro atoms. The summed E-state index contributed by atoms with van der Waals surface area (Å²) in [7, 11) is 0. The second-order valence-electron chi connectivity index (χ2n) is 5.97. The van der Waals surface area contributed by atoms with Crippen LogP contribution in [0.1, 0.15) is 17.2 Å². The van der Waals surface area contributed by atoms with Gasteiger partial charge in [0.2, 0.25) is 0 Å². The Morgan fingerprint density at radius 2 is 1.86 bits per heavy atom. The fourth-order valence-corrected chi connectivity index (χ4v) is 4.32. The minimum atomic E-state index is -1.17. The SMILES string of the molecule is O=C(O)C(c1ccccc1)N1C(=O)/C(=C/c2cccc3nccnc23)SC1=S. The lowest BCUT2D eigenvalue weighted by Gasteiger charge is -2.23. The van der Waals surface area contributed by atoms with Crippen LogP contribution in [0.2, 0.25) is 0 Å². The van der Waals surface area contributed by atoms with Crippen molar-refractivity contribution < 1.29 is 14.7 Å². The highest BCUT2D eigenvalue weighted by molar-refractivity contribution is 8.26. The summed E-state index contributed by atoms with van der Waals surface area (Å²) < 4.78 is 0.207. The molecule has 0 bridgehead atoms. The number of carboxylic acids is 1. The Morgan fingerprint density at radius 1 is 1.11 bits per heavy atom. The van der Waals surface area contributed by atoms with Crippen LogP contribution >= 0.6 is 24.0 Å². The number of amides is 1. The van der Waals surface area contributed by atoms with Crippen molar-refractivity contribution in [1.82, 2.24) is 14.9 Å². The van der Waals surface area contributed by atoms with Gasteiger partial charge >= 0.3 is 5.97 Å². The molecular weight excluding hydrogens is 394 g/mol. The molecule has 1 amide bonds. The second kappa shape index (κ2) is 7.49. The summed E-state index contributed by atoms with van der Waals surface area (Å²) in [5.41, 5.74) is 2.58. The third kappa shape index (κ3) is 3.28. The minimum absolute atomic E-state index is 0.207. The first-order valence-corrected chi connectivity index (χ1v) is 9.53. The lowest BCUT2D eigenvalue weighted by molar-refractivity contribution is -0.145. The van der Waals surface area contributed by atoms with E-state index in [0.29, 0.717) is 21.5 Å². The van der Waals surface area contributed by atoms with Crippen LogP contribution in [0, 0.1) is 0 Å². The molecule has 1 atom stereocenters. The van der Waals surface area contributed by atoms with Crippen LogP contribution in [0.5, 0.6) is 0 Å². The average molecular weight is 407 g/mol. The molecule has 6 nitrogen and oxygen atoms in total. The Labute approximate surface area is 169 Å². The van der Waals surface area contributed by atoms with E-state index in [-0.39, 0.29) is 4.32 Å². The van der Waals surface area contributed by atoms with Gasteiger partial charge in [0.15, 0.2) is 6.04 Å². The van der Waals surface area contributed by atoms with E-state index in [4.69, 9.17) is 12.2 Å². The van der Waals surface area contributed by atoms with Crippen LogP contribution in [-0.4, -0.2) is 36.2 Å². The Morgan fingerprint density at radius 3 is 2.61 bits per heavy atom. The molecule has 0 saturated carbocycles. The normalized spacial score (nSPS) is 16.7. The summed E-state index contributed by atoms with van der Waals surface area (Å²) in [6.07, 6.45) is 4.86. The van der Waals surface area contributed by atoms with Crippen molar-refractivity contribution in [3.63, 3.8) is 0 Å². The lowest BCUT2D eigenvalue weighted by Crippen LogP contribution is -2.37. The third-order valence-corrected chi connectivity index (χ3v) is 5.58. The number of thioether (sulfide) groups is 1. The fraction of sp³-hybridized carbons (Fsp3) is 0.0500. The molecule has 2 aromatic carbocycles. The van der Waals surface area contributed by atoms with Crippen molar-refractivity contribution in [2.24, 2.45) is 0 Å². The largest absolute Gasteiger partial charge is 0.479 e. The number of aromatic nitrogens is 2. The number of hydrogen-bond acceptors (Lipinski definition) is 6. The summed E-state index contributed by atoms with van der Waals surface area (Å²) in [6, 6.07) is 12.9. The van der Waals surface area contributed by atoms with Gasteiger partial charge < -0.3 is 5.11 Å². The van der Waals surface area contributed by atoms with E-state index < -0.39 is 17.9 Å². The maximum Gasteiger partial charge on any atom is 0.331 e. The van der Waals surface area contributed by atoms with Gasteiger partial charge in [-0.3, -0.25) is 19.7 Å². The van der Waals surface area contributed by atoms with Crippen molar-refractivity contribution >= 4 is 57.3 Å². The molecule has 2 heterocycles. The molecule has 1 unspecified atom stereocenters. The number of thiocarbonyl (C=S) groups is 1. The summed E-state index contributed by atoms with van der Waals surface area (Å²) >= 11 is 6.42. The Balaban J connectivity index is 1.74. The number of carbonyl (C=O) groups is 2. The number of rotatable bonds is 4. The predicted molar refractivity (Wildman–Crippen MR) is 111 cm³/mol. The van der Waals surface area contributed by atoms with Crippen LogP contribution in [0.15, 0.2) is 65.8 Å². The molecule has 3 aromatic rings. The molecule has 1 aromatic heterocycles. The summed E-state index contributed by atoms with van der Waals surface area (Å²) in [4.78, 5) is 35.0. The van der Waals surface area contributed by atoms with E-state index in [1.54, 1.807) is 48.8 Å². The maximum atomic E-state index is 13.0. The minimum Gasteiger partial charge on any atom is -0.479 e. The van der Waals surface area contributed by atoms with Gasteiger partial charge in [0.25, 0.3) is 5.91 Å².